The van der Waals surface area contributed by atoms with E-state index in [1.165, 1.54) is 35.3 Å². The van der Waals surface area contributed by atoms with E-state index in [0.29, 0.717) is 32.7 Å². The van der Waals surface area contributed by atoms with Gasteiger partial charge in [0.25, 0.3) is 5.91 Å². The van der Waals surface area contributed by atoms with Crippen LogP contribution in [-0.4, -0.2) is 54.3 Å². The van der Waals surface area contributed by atoms with E-state index in [4.69, 9.17) is 0 Å². The first kappa shape index (κ1) is 18.0. The molecule has 0 saturated carbocycles. The molecule has 6 heteroatoms. The Morgan fingerprint density at radius 3 is 2.52 bits per heavy atom. The van der Waals surface area contributed by atoms with Crippen LogP contribution in [0.15, 0.2) is 35.7 Å². The van der Waals surface area contributed by atoms with Gasteiger partial charge in [-0.15, -0.1) is 11.3 Å². The van der Waals surface area contributed by atoms with Crippen molar-refractivity contribution in [1.82, 2.24) is 9.80 Å². The Hall–Kier alpha value is -2.34. The number of carbonyl (C=O) groups excluding carboxylic acids is 2. The fourth-order valence-electron chi connectivity index (χ4n) is 3.94. The largest absolute Gasteiger partial charge is 0.376 e. The van der Waals surface area contributed by atoms with E-state index in [1.54, 1.807) is 0 Å². The lowest BCUT2D eigenvalue weighted by molar-refractivity contribution is -0.130. The highest BCUT2D eigenvalue weighted by Gasteiger charge is 2.25. The molecule has 1 fully saturated rings. The number of fused-ring (bicyclic) bond motifs is 1. The lowest BCUT2D eigenvalue weighted by Crippen LogP contribution is -2.51. The monoisotopic (exact) mass is 383 g/mol. The summed E-state index contributed by atoms with van der Waals surface area (Å²) in [7, 11) is 0. The minimum atomic E-state index is 0.0751. The molecule has 1 aromatic carbocycles. The van der Waals surface area contributed by atoms with Crippen molar-refractivity contribution in [2.24, 2.45) is 0 Å². The summed E-state index contributed by atoms with van der Waals surface area (Å²) < 4.78 is 0. The molecule has 2 aliphatic rings. The average Bonchev–Trinajstić information content (AvgIpc) is 3.26. The molecule has 0 atom stereocenters. The number of benzene rings is 1. The van der Waals surface area contributed by atoms with Gasteiger partial charge in [0.15, 0.2) is 0 Å². The SMILES string of the molecule is O=C(CNc1cccc2c1CCCC2)N1CCN(C(=O)c2cccs2)CC1. The van der Waals surface area contributed by atoms with Gasteiger partial charge in [-0.2, -0.15) is 0 Å². The highest BCUT2D eigenvalue weighted by molar-refractivity contribution is 7.12. The third-order valence-electron chi connectivity index (χ3n) is 5.48. The summed E-state index contributed by atoms with van der Waals surface area (Å²) in [6, 6.07) is 10.1. The number of carbonyl (C=O) groups is 2. The molecule has 0 bridgehead atoms. The van der Waals surface area contributed by atoms with Crippen LogP contribution >= 0.6 is 11.3 Å². The molecule has 4 rings (SSSR count). The van der Waals surface area contributed by atoms with E-state index < -0.39 is 0 Å². The van der Waals surface area contributed by atoms with Crippen LogP contribution in [0, 0.1) is 0 Å². The number of amides is 2. The number of aryl methyl sites for hydroxylation is 1. The van der Waals surface area contributed by atoms with Gasteiger partial charge in [0.05, 0.1) is 11.4 Å². The zero-order valence-corrected chi connectivity index (χ0v) is 16.3. The molecular formula is C21H25N3O2S. The van der Waals surface area contributed by atoms with E-state index >= 15 is 0 Å². The minimum Gasteiger partial charge on any atom is -0.376 e. The number of rotatable bonds is 4. The summed E-state index contributed by atoms with van der Waals surface area (Å²) in [5, 5.41) is 5.27. The normalized spacial score (nSPS) is 16.7. The zero-order valence-electron chi connectivity index (χ0n) is 15.4. The maximum atomic E-state index is 12.6. The molecule has 2 aromatic rings. The molecule has 1 aliphatic heterocycles. The van der Waals surface area contributed by atoms with Crippen molar-refractivity contribution in [2.45, 2.75) is 25.7 Å². The molecule has 1 aromatic heterocycles. The van der Waals surface area contributed by atoms with Crippen molar-refractivity contribution >= 4 is 28.8 Å². The maximum Gasteiger partial charge on any atom is 0.264 e. The molecule has 5 nitrogen and oxygen atoms in total. The van der Waals surface area contributed by atoms with Crippen LogP contribution in [0.25, 0.3) is 0 Å². The third-order valence-corrected chi connectivity index (χ3v) is 6.34. The molecular weight excluding hydrogens is 358 g/mol. The Bertz CT molecular complexity index is 811. The highest BCUT2D eigenvalue weighted by Crippen LogP contribution is 2.27. The summed E-state index contributed by atoms with van der Waals surface area (Å²) in [6.45, 7) is 2.72. The molecule has 0 spiro atoms. The van der Waals surface area contributed by atoms with Crippen molar-refractivity contribution in [2.75, 3.05) is 38.0 Å². The molecule has 0 unspecified atom stereocenters. The van der Waals surface area contributed by atoms with Crippen molar-refractivity contribution in [3.05, 3.63) is 51.7 Å². The smallest absolute Gasteiger partial charge is 0.264 e. The standard InChI is InChI=1S/C21H25N3O2S/c25-20(15-22-18-8-3-6-16-5-1-2-7-17(16)18)23-10-12-24(13-11-23)21(26)19-9-4-14-27-19/h3-4,6,8-9,14,22H,1-2,5,7,10-13,15H2. The minimum absolute atomic E-state index is 0.0751. The number of piperazine rings is 1. The molecule has 1 aliphatic carbocycles. The molecule has 2 amide bonds. The van der Waals surface area contributed by atoms with E-state index in [9.17, 15) is 9.59 Å². The van der Waals surface area contributed by atoms with Crippen LogP contribution in [0.4, 0.5) is 5.69 Å². The first-order chi connectivity index (χ1) is 13.2. The first-order valence-corrected chi connectivity index (χ1v) is 10.6. The van der Waals surface area contributed by atoms with E-state index in [2.05, 4.69) is 23.5 Å². The van der Waals surface area contributed by atoms with Gasteiger partial charge in [0.1, 0.15) is 0 Å². The van der Waals surface area contributed by atoms with Crippen LogP contribution in [0.5, 0.6) is 0 Å². The summed E-state index contributed by atoms with van der Waals surface area (Å²) >= 11 is 1.47. The van der Waals surface area contributed by atoms with Crippen LogP contribution in [0.3, 0.4) is 0 Å². The third kappa shape index (κ3) is 4.00. The second-order valence-electron chi connectivity index (χ2n) is 7.15. The second kappa shape index (κ2) is 8.13. The van der Waals surface area contributed by atoms with Gasteiger partial charge in [0.2, 0.25) is 5.91 Å². The van der Waals surface area contributed by atoms with Crippen LogP contribution in [0.1, 0.15) is 33.6 Å². The number of hydrogen-bond acceptors (Lipinski definition) is 4. The molecule has 0 radical (unpaired) electrons. The summed E-state index contributed by atoms with van der Waals surface area (Å²) in [6.07, 6.45) is 4.71. The average molecular weight is 384 g/mol. The summed E-state index contributed by atoms with van der Waals surface area (Å²) in [4.78, 5) is 29.5. The van der Waals surface area contributed by atoms with Gasteiger partial charge >= 0.3 is 0 Å². The van der Waals surface area contributed by atoms with Gasteiger partial charge in [-0.3, -0.25) is 9.59 Å². The number of nitrogens with one attached hydrogen (secondary N) is 1. The molecule has 27 heavy (non-hydrogen) atoms. The Labute approximate surface area is 164 Å². The second-order valence-corrected chi connectivity index (χ2v) is 8.10. The van der Waals surface area contributed by atoms with Gasteiger partial charge in [-0.1, -0.05) is 18.2 Å². The van der Waals surface area contributed by atoms with Crippen molar-refractivity contribution in [3.63, 3.8) is 0 Å². The summed E-state index contributed by atoms with van der Waals surface area (Å²) in [5.41, 5.74) is 3.90. The van der Waals surface area contributed by atoms with Crippen molar-refractivity contribution < 1.29 is 9.59 Å². The lowest BCUT2D eigenvalue weighted by Gasteiger charge is -2.34. The van der Waals surface area contributed by atoms with Crippen molar-refractivity contribution in [3.8, 4) is 0 Å². The lowest BCUT2D eigenvalue weighted by atomic mass is 9.90. The molecule has 1 saturated heterocycles. The number of nitrogens with zero attached hydrogens (tertiary/aromatic N) is 2. The maximum absolute atomic E-state index is 12.6. The predicted octanol–water partition coefficient (Wildman–Crippen LogP) is 3.02. The van der Waals surface area contributed by atoms with E-state index in [-0.39, 0.29) is 11.8 Å². The fraction of sp³-hybridized carbons (Fsp3) is 0.429. The van der Waals surface area contributed by atoms with Crippen LogP contribution in [-0.2, 0) is 17.6 Å². The van der Waals surface area contributed by atoms with Gasteiger partial charge in [0, 0.05) is 31.9 Å². The first-order valence-electron chi connectivity index (χ1n) is 9.67. The summed E-state index contributed by atoms with van der Waals surface area (Å²) in [5.74, 6) is 0.178. The van der Waals surface area contributed by atoms with Crippen molar-refractivity contribution in [1.29, 1.82) is 0 Å². The van der Waals surface area contributed by atoms with Gasteiger partial charge in [-0.25, -0.2) is 0 Å². The quantitative estimate of drug-likeness (QED) is 0.883. The Morgan fingerprint density at radius 2 is 1.74 bits per heavy atom. The fourth-order valence-corrected chi connectivity index (χ4v) is 4.64. The molecule has 1 N–H and O–H groups in total. The number of hydrogen-bond donors (Lipinski definition) is 1. The number of anilines is 1. The highest BCUT2D eigenvalue weighted by atomic mass is 32.1. The Morgan fingerprint density at radius 1 is 0.963 bits per heavy atom. The van der Waals surface area contributed by atoms with Crippen LogP contribution in [0.2, 0.25) is 0 Å². The van der Waals surface area contributed by atoms with Gasteiger partial charge < -0.3 is 15.1 Å². The van der Waals surface area contributed by atoms with E-state index in [1.807, 2.05) is 27.3 Å². The molecule has 2 heterocycles. The Balaban J connectivity index is 1.30. The predicted molar refractivity (Wildman–Crippen MR) is 108 cm³/mol. The van der Waals surface area contributed by atoms with Gasteiger partial charge in [-0.05, 0) is 54.3 Å². The zero-order chi connectivity index (χ0) is 18.6. The topological polar surface area (TPSA) is 52.7 Å². The number of thiophene rings is 1. The Kier molecular flexibility index (Phi) is 5.43. The molecule has 142 valence electrons. The van der Waals surface area contributed by atoms with Crippen LogP contribution < -0.4 is 5.32 Å². The van der Waals surface area contributed by atoms with E-state index in [0.717, 1.165) is 23.4 Å².